The summed E-state index contributed by atoms with van der Waals surface area (Å²) in [7, 11) is 2.08. The normalized spacial score (nSPS) is 23.1. The van der Waals surface area contributed by atoms with Gasteiger partial charge in [0.25, 0.3) is 0 Å². The van der Waals surface area contributed by atoms with E-state index in [-0.39, 0.29) is 42.5 Å². The lowest BCUT2D eigenvalue weighted by molar-refractivity contribution is -0.145. The van der Waals surface area contributed by atoms with Crippen molar-refractivity contribution in [1.82, 2.24) is 29.5 Å². The van der Waals surface area contributed by atoms with E-state index in [1.165, 1.54) is 4.68 Å². The molecule has 1 fully saturated rings. The van der Waals surface area contributed by atoms with Gasteiger partial charge in [-0.25, -0.2) is 19.2 Å². The van der Waals surface area contributed by atoms with Crippen molar-refractivity contribution in [2.24, 2.45) is 11.8 Å². The maximum atomic E-state index is 14.7. The van der Waals surface area contributed by atoms with Crippen LogP contribution in [0.15, 0.2) is 6.20 Å². The molecule has 1 unspecified atom stereocenters. The first-order valence-electron chi connectivity index (χ1n) is 13.1. The fourth-order valence-electron chi connectivity index (χ4n) is 5.52. The van der Waals surface area contributed by atoms with Crippen molar-refractivity contribution in [3.05, 3.63) is 29.1 Å². The lowest BCUT2D eigenvalue weighted by Crippen LogP contribution is -2.51. The molecule has 0 aliphatic carbocycles. The highest BCUT2D eigenvalue weighted by atomic mass is 19.1. The number of hydrogen-bond donors (Lipinski definition) is 1. The molecule has 202 valence electrons. The lowest BCUT2D eigenvalue weighted by atomic mass is 9.82. The molecule has 1 N–H and O–H groups in total. The second-order valence-corrected chi connectivity index (χ2v) is 10.7. The van der Waals surface area contributed by atoms with Crippen LogP contribution in [0.3, 0.4) is 0 Å². The molecule has 10 nitrogen and oxygen atoms in total. The van der Waals surface area contributed by atoms with Crippen LogP contribution in [0.1, 0.15) is 71.5 Å². The van der Waals surface area contributed by atoms with E-state index in [4.69, 9.17) is 4.74 Å². The van der Waals surface area contributed by atoms with E-state index in [9.17, 15) is 14.0 Å². The van der Waals surface area contributed by atoms with Crippen LogP contribution >= 0.6 is 0 Å². The zero-order valence-corrected chi connectivity index (χ0v) is 22.8. The summed E-state index contributed by atoms with van der Waals surface area (Å²) in [5.74, 6) is 0.249. The summed E-state index contributed by atoms with van der Waals surface area (Å²) < 4.78 is 21.1. The first kappa shape index (κ1) is 27.0. The molecule has 0 radical (unpaired) electrons. The van der Waals surface area contributed by atoms with Gasteiger partial charge in [-0.3, -0.25) is 4.79 Å². The summed E-state index contributed by atoms with van der Waals surface area (Å²) in [6.45, 7) is 13.0. The topological polar surface area (TPSA) is 105 Å². The second kappa shape index (κ2) is 10.4. The van der Waals surface area contributed by atoms with Crippen molar-refractivity contribution in [3.63, 3.8) is 0 Å². The SMILES string of the molecule is CCCc1ncc(F)c(Nc2nn(C(=O)OCC)c3c2CN(C(=O)C2C[C@@H](C)N(C)C[C@@H]2C)C3(C)C)n1. The molecule has 2 aliphatic rings. The molecule has 37 heavy (non-hydrogen) atoms. The van der Waals surface area contributed by atoms with E-state index in [1.807, 2.05) is 25.7 Å². The smallest absolute Gasteiger partial charge is 0.435 e. The van der Waals surface area contributed by atoms with Crippen molar-refractivity contribution >= 4 is 23.6 Å². The van der Waals surface area contributed by atoms with Crippen LogP contribution < -0.4 is 5.32 Å². The molecular formula is C26H38FN7O3. The Morgan fingerprint density at radius 1 is 1.24 bits per heavy atom. The Kier molecular flexibility index (Phi) is 7.55. The average Bonchev–Trinajstić information content (AvgIpc) is 3.33. The Labute approximate surface area is 217 Å². The van der Waals surface area contributed by atoms with Crippen LogP contribution in [-0.4, -0.2) is 67.8 Å². The van der Waals surface area contributed by atoms with Crippen molar-refractivity contribution in [1.29, 1.82) is 0 Å². The highest BCUT2D eigenvalue weighted by molar-refractivity contribution is 5.83. The Morgan fingerprint density at radius 2 is 1.97 bits per heavy atom. The van der Waals surface area contributed by atoms with Gasteiger partial charge in [0, 0.05) is 30.5 Å². The molecule has 0 aromatic carbocycles. The van der Waals surface area contributed by atoms with Crippen molar-refractivity contribution < 1.29 is 18.7 Å². The summed E-state index contributed by atoms with van der Waals surface area (Å²) in [5.41, 5.74) is 0.365. The number of aryl methyl sites for hydroxylation is 1. The zero-order valence-electron chi connectivity index (χ0n) is 22.8. The molecule has 1 amide bonds. The minimum absolute atomic E-state index is 0.0184. The van der Waals surface area contributed by atoms with Crippen LogP contribution in [0, 0.1) is 17.7 Å². The van der Waals surface area contributed by atoms with Gasteiger partial charge in [-0.2, -0.15) is 4.68 Å². The van der Waals surface area contributed by atoms with Gasteiger partial charge in [-0.15, -0.1) is 5.10 Å². The van der Waals surface area contributed by atoms with Gasteiger partial charge in [0.15, 0.2) is 17.5 Å². The van der Waals surface area contributed by atoms with Gasteiger partial charge < -0.3 is 19.9 Å². The van der Waals surface area contributed by atoms with E-state index in [0.29, 0.717) is 29.5 Å². The number of nitrogens with zero attached hydrogens (tertiary/aromatic N) is 6. The van der Waals surface area contributed by atoms with Crippen LogP contribution in [-0.2, 0) is 28.0 Å². The minimum Gasteiger partial charge on any atom is -0.448 e. The maximum Gasteiger partial charge on any atom is 0.435 e. The summed E-state index contributed by atoms with van der Waals surface area (Å²) in [4.78, 5) is 39.3. The zero-order chi connectivity index (χ0) is 27.1. The van der Waals surface area contributed by atoms with E-state index < -0.39 is 17.4 Å². The number of aromatic nitrogens is 4. The molecule has 2 aliphatic heterocycles. The predicted molar refractivity (Wildman–Crippen MR) is 137 cm³/mol. The largest absolute Gasteiger partial charge is 0.448 e. The quantitative estimate of drug-likeness (QED) is 0.614. The number of amides is 1. The first-order chi connectivity index (χ1) is 17.5. The Balaban J connectivity index is 1.72. The van der Waals surface area contributed by atoms with E-state index >= 15 is 0 Å². The molecule has 1 saturated heterocycles. The van der Waals surface area contributed by atoms with Gasteiger partial charge in [-0.1, -0.05) is 13.8 Å². The van der Waals surface area contributed by atoms with Crippen molar-refractivity contribution in [2.75, 3.05) is 25.5 Å². The van der Waals surface area contributed by atoms with E-state index in [1.54, 1.807) is 6.92 Å². The number of rotatable bonds is 6. The van der Waals surface area contributed by atoms with Crippen molar-refractivity contribution in [2.45, 2.75) is 78.9 Å². The van der Waals surface area contributed by atoms with Crippen LogP contribution in [0.4, 0.5) is 20.8 Å². The summed E-state index contributed by atoms with van der Waals surface area (Å²) in [5, 5.41) is 7.44. The first-order valence-corrected chi connectivity index (χ1v) is 13.1. The lowest BCUT2D eigenvalue weighted by Gasteiger charge is -2.42. The fourth-order valence-corrected chi connectivity index (χ4v) is 5.52. The molecule has 4 heterocycles. The molecule has 2 aromatic heterocycles. The monoisotopic (exact) mass is 515 g/mol. The number of likely N-dealkylation sites (tertiary alicyclic amines) is 1. The molecule has 4 rings (SSSR count). The molecular weight excluding hydrogens is 477 g/mol. The van der Waals surface area contributed by atoms with Crippen LogP contribution in [0.25, 0.3) is 0 Å². The van der Waals surface area contributed by atoms with E-state index in [0.717, 1.165) is 25.6 Å². The standard InChI is InChI=1S/C26H38FN7O3/c1-8-10-20-28-12-19(27)23(29-20)30-22-18-14-33(24(35)17-11-16(4)32(7)13-15(17)3)26(5,6)21(18)34(31-22)25(36)37-9-2/h12,15-17H,8-11,13-14H2,1-7H3,(H,28,29,30,31)/t15-,16+,17?/m0/s1. The predicted octanol–water partition coefficient (Wildman–Crippen LogP) is 4.07. The van der Waals surface area contributed by atoms with Gasteiger partial charge in [0.05, 0.1) is 30.6 Å². The van der Waals surface area contributed by atoms with Crippen LogP contribution in [0.5, 0.6) is 0 Å². The third-order valence-electron chi connectivity index (χ3n) is 7.69. The third kappa shape index (κ3) is 4.93. The van der Waals surface area contributed by atoms with Crippen molar-refractivity contribution in [3.8, 4) is 0 Å². The highest BCUT2D eigenvalue weighted by Crippen LogP contribution is 2.44. The number of carbonyl (C=O) groups excluding carboxylic acids is 2. The number of ether oxygens (including phenoxy) is 1. The molecule has 0 spiro atoms. The maximum absolute atomic E-state index is 14.7. The summed E-state index contributed by atoms with van der Waals surface area (Å²) in [6.07, 6.45) is 2.67. The number of carbonyl (C=O) groups is 2. The third-order valence-corrected chi connectivity index (χ3v) is 7.69. The van der Waals surface area contributed by atoms with Gasteiger partial charge >= 0.3 is 6.09 Å². The van der Waals surface area contributed by atoms with Crippen LogP contribution in [0.2, 0.25) is 0 Å². The molecule has 3 atom stereocenters. The Morgan fingerprint density at radius 3 is 2.65 bits per heavy atom. The molecule has 11 heteroatoms. The van der Waals surface area contributed by atoms with Gasteiger partial charge in [0.1, 0.15) is 5.82 Å². The Bertz CT molecular complexity index is 1180. The second-order valence-electron chi connectivity index (χ2n) is 10.7. The fraction of sp³-hybridized carbons (Fsp3) is 0.654. The van der Waals surface area contributed by atoms with Gasteiger partial charge in [0.2, 0.25) is 5.91 Å². The summed E-state index contributed by atoms with van der Waals surface area (Å²) in [6, 6.07) is 0.295. The number of piperidine rings is 1. The number of nitrogens with one attached hydrogen (secondary N) is 1. The molecule has 2 aromatic rings. The van der Waals surface area contributed by atoms with Gasteiger partial charge in [-0.05, 0) is 53.5 Å². The van der Waals surface area contributed by atoms with E-state index in [2.05, 4.69) is 46.2 Å². The number of hydrogen-bond acceptors (Lipinski definition) is 8. The molecule has 0 bridgehead atoms. The average molecular weight is 516 g/mol. The number of anilines is 2. The highest BCUT2D eigenvalue weighted by Gasteiger charge is 2.49. The minimum atomic E-state index is -0.837. The Hall–Kier alpha value is -3.08. The summed E-state index contributed by atoms with van der Waals surface area (Å²) >= 11 is 0. The number of halogens is 1. The number of fused-ring (bicyclic) bond motifs is 1. The molecule has 0 saturated carbocycles.